The Morgan fingerprint density at radius 2 is 2.08 bits per heavy atom. The molecule has 0 radical (unpaired) electrons. The minimum absolute atomic E-state index is 0.0722. The minimum atomic E-state index is -0.449. The highest BCUT2D eigenvalue weighted by Gasteiger charge is 2.19. The number of halogens is 1. The van der Waals surface area contributed by atoms with E-state index >= 15 is 0 Å². The highest BCUT2D eigenvalue weighted by Crippen LogP contribution is 2.23. The van der Waals surface area contributed by atoms with E-state index in [1.165, 1.54) is 0 Å². The van der Waals surface area contributed by atoms with Gasteiger partial charge in [-0.1, -0.05) is 38.1 Å². The maximum absolute atomic E-state index is 12.3. The third-order valence-electron chi connectivity index (χ3n) is 2.26. The van der Waals surface area contributed by atoms with Crippen LogP contribution < -0.4 is 0 Å². The first-order valence-electron chi connectivity index (χ1n) is 4.36. The fourth-order valence-electron chi connectivity index (χ4n) is 1.17. The molecule has 1 aromatic rings. The van der Waals surface area contributed by atoms with Gasteiger partial charge in [-0.3, -0.25) is 0 Å². The Bertz CT molecular complexity index is 281. The van der Waals surface area contributed by atoms with Gasteiger partial charge in [0.1, 0.15) is 6.67 Å². The number of hydrogen-bond acceptors (Lipinski definition) is 1. The second-order valence-corrected chi connectivity index (χ2v) is 3.88. The molecule has 0 fully saturated rings. The van der Waals surface area contributed by atoms with Gasteiger partial charge in [-0.05, 0) is 11.1 Å². The molecule has 13 heavy (non-hydrogen) atoms. The predicted octanol–water partition coefficient (Wildman–Crippen LogP) is 2.43. The third-order valence-corrected chi connectivity index (χ3v) is 2.26. The molecule has 0 atom stereocenters. The van der Waals surface area contributed by atoms with Crippen LogP contribution in [0.2, 0.25) is 0 Å². The van der Waals surface area contributed by atoms with Crippen LogP contribution in [0, 0.1) is 0 Å². The van der Waals surface area contributed by atoms with E-state index in [2.05, 4.69) is 0 Å². The number of rotatable bonds is 3. The van der Waals surface area contributed by atoms with Crippen molar-refractivity contribution in [3.8, 4) is 0 Å². The van der Waals surface area contributed by atoms with E-state index in [1.807, 2.05) is 26.0 Å². The second kappa shape index (κ2) is 3.88. The van der Waals surface area contributed by atoms with Crippen molar-refractivity contribution in [2.45, 2.75) is 25.9 Å². The summed E-state index contributed by atoms with van der Waals surface area (Å²) in [6.45, 7) is 3.49. The molecule has 1 aromatic carbocycles. The van der Waals surface area contributed by atoms with Crippen molar-refractivity contribution in [1.29, 1.82) is 0 Å². The van der Waals surface area contributed by atoms with Gasteiger partial charge in [0, 0.05) is 5.41 Å². The summed E-state index contributed by atoms with van der Waals surface area (Å²) in [6.07, 6.45) is 0. The Balaban J connectivity index is 3.01. The zero-order chi connectivity index (χ0) is 9.90. The van der Waals surface area contributed by atoms with Crippen LogP contribution in [-0.2, 0) is 12.1 Å². The Labute approximate surface area is 78.2 Å². The van der Waals surface area contributed by atoms with Crippen LogP contribution in [0.15, 0.2) is 24.3 Å². The Kier molecular flexibility index (Phi) is 3.04. The maximum atomic E-state index is 12.3. The van der Waals surface area contributed by atoms with Crippen LogP contribution in [0.3, 0.4) is 0 Å². The highest BCUT2D eigenvalue weighted by molar-refractivity contribution is 5.28. The molecular weight excluding hydrogens is 167 g/mol. The lowest BCUT2D eigenvalue weighted by molar-refractivity contribution is 0.218. The summed E-state index contributed by atoms with van der Waals surface area (Å²) in [5.41, 5.74) is 1.36. The summed E-state index contributed by atoms with van der Waals surface area (Å²) in [6, 6.07) is 7.28. The summed E-state index contributed by atoms with van der Waals surface area (Å²) < 4.78 is 12.3. The fraction of sp³-hybridized carbons (Fsp3) is 0.455. The number of aliphatic hydroxyl groups excluding tert-OH is 1. The molecule has 2 heteroatoms. The van der Waals surface area contributed by atoms with Crippen LogP contribution in [-0.4, -0.2) is 11.7 Å². The maximum Gasteiger partial charge on any atom is 0.115 e. The molecule has 1 N–H and O–H groups in total. The van der Waals surface area contributed by atoms with Gasteiger partial charge in [-0.25, -0.2) is 4.39 Å². The summed E-state index contributed by atoms with van der Waals surface area (Å²) in [7, 11) is 0. The molecular formula is C11H15FO. The van der Waals surface area contributed by atoms with Crippen molar-refractivity contribution in [2.24, 2.45) is 0 Å². The van der Waals surface area contributed by atoms with Gasteiger partial charge >= 0.3 is 0 Å². The molecule has 0 heterocycles. The second-order valence-electron chi connectivity index (χ2n) is 3.88. The summed E-state index contributed by atoms with van der Waals surface area (Å²) in [5, 5.41) is 9.12. The first-order chi connectivity index (χ1) is 6.10. The van der Waals surface area contributed by atoms with Crippen LogP contribution in [0.1, 0.15) is 25.0 Å². The van der Waals surface area contributed by atoms with E-state index in [0.717, 1.165) is 5.56 Å². The predicted molar refractivity (Wildman–Crippen MR) is 51.4 cm³/mol. The summed E-state index contributed by atoms with van der Waals surface area (Å²) in [5.74, 6) is 0. The quantitative estimate of drug-likeness (QED) is 0.761. The van der Waals surface area contributed by atoms with Crippen molar-refractivity contribution in [3.63, 3.8) is 0 Å². The van der Waals surface area contributed by atoms with Crippen molar-refractivity contribution in [1.82, 2.24) is 0 Å². The molecule has 0 bridgehead atoms. The van der Waals surface area contributed by atoms with Crippen molar-refractivity contribution >= 4 is 0 Å². The van der Waals surface area contributed by atoms with E-state index in [1.54, 1.807) is 12.1 Å². The van der Waals surface area contributed by atoms with Gasteiger partial charge in [-0.15, -0.1) is 0 Å². The SMILES string of the molecule is CC(C)(CO)c1cccc(CF)c1. The lowest BCUT2D eigenvalue weighted by atomic mass is 9.85. The van der Waals surface area contributed by atoms with Gasteiger partial charge in [-0.2, -0.15) is 0 Å². The average molecular weight is 182 g/mol. The summed E-state index contributed by atoms with van der Waals surface area (Å²) >= 11 is 0. The van der Waals surface area contributed by atoms with Gasteiger partial charge in [0.15, 0.2) is 0 Å². The largest absolute Gasteiger partial charge is 0.395 e. The lowest BCUT2D eigenvalue weighted by Crippen LogP contribution is -2.22. The molecule has 1 rings (SSSR count). The standard InChI is InChI=1S/C11H15FO/c1-11(2,8-13)10-5-3-4-9(6-10)7-12/h3-6,13H,7-8H2,1-2H3. The lowest BCUT2D eigenvalue weighted by Gasteiger charge is -2.22. The monoisotopic (exact) mass is 182 g/mol. The average Bonchev–Trinajstić information content (AvgIpc) is 2.18. The molecule has 0 aliphatic heterocycles. The van der Waals surface area contributed by atoms with Crippen molar-refractivity contribution in [3.05, 3.63) is 35.4 Å². The first-order valence-corrected chi connectivity index (χ1v) is 4.36. The van der Waals surface area contributed by atoms with Gasteiger partial charge in [0.25, 0.3) is 0 Å². The molecule has 0 aromatic heterocycles. The number of alkyl halides is 1. The number of benzene rings is 1. The molecule has 0 unspecified atom stereocenters. The number of aliphatic hydroxyl groups is 1. The highest BCUT2D eigenvalue weighted by atomic mass is 19.1. The Morgan fingerprint density at radius 3 is 2.62 bits per heavy atom. The summed E-state index contributed by atoms with van der Waals surface area (Å²) in [4.78, 5) is 0. The molecule has 0 amide bonds. The molecule has 0 spiro atoms. The zero-order valence-corrected chi connectivity index (χ0v) is 8.05. The minimum Gasteiger partial charge on any atom is -0.395 e. The van der Waals surface area contributed by atoms with Crippen LogP contribution in [0.25, 0.3) is 0 Å². The molecule has 0 aliphatic rings. The van der Waals surface area contributed by atoms with Crippen LogP contribution in [0.5, 0.6) is 0 Å². The first kappa shape index (κ1) is 10.2. The molecule has 1 nitrogen and oxygen atoms in total. The normalized spacial score (nSPS) is 11.7. The van der Waals surface area contributed by atoms with Crippen LogP contribution in [0.4, 0.5) is 4.39 Å². The van der Waals surface area contributed by atoms with E-state index < -0.39 is 6.67 Å². The Hall–Kier alpha value is -0.890. The van der Waals surface area contributed by atoms with E-state index in [-0.39, 0.29) is 12.0 Å². The van der Waals surface area contributed by atoms with Gasteiger partial charge < -0.3 is 5.11 Å². The van der Waals surface area contributed by atoms with E-state index in [0.29, 0.717) is 5.56 Å². The molecule has 0 saturated carbocycles. The van der Waals surface area contributed by atoms with E-state index in [4.69, 9.17) is 5.11 Å². The third kappa shape index (κ3) is 2.28. The van der Waals surface area contributed by atoms with Crippen molar-refractivity contribution < 1.29 is 9.50 Å². The number of hydrogen-bond donors (Lipinski definition) is 1. The fourth-order valence-corrected chi connectivity index (χ4v) is 1.17. The van der Waals surface area contributed by atoms with Gasteiger partial charge in [0.2, 0.25) is 0 Å². The van der Waals surface area contributed by atoms with Gasteiger partial charge in [0.05, 0.1) is 6.61 Å². The smallest absolute Gasteiger partial charge is 0.115 e. The molecule has 0 aliphatic carbocycles. The topological polar surface area (TPSA) is 20.2 Å². The van der Waals surface area contributed by atoms with Crippen LogP contribution >= 0.6 is 0 Å². The van der Waals surface area contributed by atoms with Crippen molar-refractivity contribution in [2.75, 3.05) is 6.61 Å². The van der Waals surface area contributed by atoms with E-state index in [9.17, 15) is 4.39 Å². The zero-order valence-electron chi connectivity index (χ0n) is 8.05. The molecule has 72 valence electrons. The molecule has 0 saturated heterocycles. The Morgan fingerprint density at radius 1 is 1.38 bits per heavy atom.